The van der Waals surface area contributed by atoms with Crippen LogP contribution in [0.2, 0.25) is 0 Å². The lowest BCUT2D eigenvalue weighted by Gasteiger charge is -2.36. The van der Waals surface area contributed by atoms with Crippen LogP contribution in [-0.4, -0.2) is 46.1 Å². The van der Waals surface area contributed by atoms with E-state index in [0.29, 0.717) is 25.4 Å². The highest BCUT2D eigenvalue weighted by Crippen LogP contribution is 2.23. The number of carbonyl (C=O) groups is 2. The van der Waals surface area contributed by atoms with Crippen LogP contribution in [0.1, 0.15) is 37.6 Å². The van der Waals surface area contributed by atoms with Gasteiger partial charge in [-0.05, 0) is 18.8 Å². The number of thiazole rings is 1. The van der Waals surface area contributed by atoms with Crippen molar-refractivity contribution in [2.24, 2.45) is 5.92 Å². The van der Waals surface area contributed by atoms with Crippen molar-refractivity contribution in [1.82, 2.24) is 15.2 Å². The van der Waals surface area contributed by atoms with E-state index in [1.54, 1.807) is 17.5 Å². The minimum absolute atomic E-state index is 0.126. The summed E-state index contributed by atoms with van der Waals surface area (Å²) in [5.74, 6) is -0.463. The van der Waals surface area contributed by atoms with E-state index in [1.165, 1.54) is 4.90 Å². The Morgan fingerprint density at radius 3 is 3.00 bits per heavy atom. The molecule has 0 bridgehead atoms. The predicted molar refractivity (Wildman–Crippen MR) is 80.5 cm³/mol. The normalized spacial score (nSPS) is 23.6. The summed E-state index contributed by atoms with van der Waals surface area (Å²) in [6.45, 7) is 4.97. The zero-order chi connectivity index (χ0) is 15.4. The van der Waals surface area contributed by atoms with Crippen molar-refractivity contribution in [3.8, 4) is 0 Å². The molecule has 1 aromatic heterocycles. The molecule has 1 saturated heterocycles. The molecule has 0 aliphatic carbocycles. The number of hydrogen-bond donors (Lipinski definition) is 2. The van der Waals surface area contributed by atoms with Crippen LogP contribution in [0.15, 0.2) is 11.6 Å². The summed E-state index contributed by atoms with van der Waals surface area (Å²) in [4.78, 5) is 29.2. The van der Waals surface area contributed by atoms with Gasteiger partial charge in [0.25, 0.3) is 0 Å². The summed E-state index contributed by atoms with van der Waals surface area (Å²) in [7, 11) is 0. The number of aliphatic carboxylic acids is 1. The second-order valence-electron chi connectivity index (χ2n) is 5.63. The average Bonchev–Trinajstić information content (AvgIpc) is 2.98. The van der Waals surface area contributed by atoms with Crippen LogP contribution in [0.3, 0.4) is 0 Å². The Bertz CT molecular complexity index is 492. The van der Waals surface area contributed by atoms with Crippen molar-refractivity contribution < 1.29 is 14.7 Å². The molecule has 0 spiro atoms. The maximum atomic E-state index is 12.2. The van der Waals surface area contributed by atoms with Crippen molar-refractivity contribution in [2.75, 3.05) is 13.1 Å². The number of amides is 2. The Balaban J connectivity index is 1.91. The van der Waals surface area contributed by atoms with Gasteiger partial charge in [-0.25, -0.2) is 14.6 Å². The number of aromatic nitrogens is 1. The van der Waals surface area contributed by atoms with E-state index in [9.17, 15) is 14.7 Å². The molecule has 21 heavy (non-hydrogen) atoms. The SMILES string of the molecule is CC1CCN(C(=O)NCC(C)c2nccs2)C(C(=O)O)C1. The number of carboxylic acid groups (broad SMARTS) is 1. The number of nitrogens with one attached hydrogen (secondary N) is 1. The van der Waals surface area contributed by atoms with Gasteiger partial charge in [0.15, 0.2) is 0 Å². The molecule has 1 fully saturated rings. The van der Waals surface area contributed by atoms with Crippen molar-refractivity contribution >= 4 is 23.3 Å². The first-order chi connectivity index (χ1) is 9.99. The third kappa shape index (κ3) is 3.93. The molecule has 6 nitrogen and oxygen atoms in total. The lowest BCUT2D eigenvalue weighted by Crippen LogP contribution is -2.53. The fraction of sp³-hybridized carbons (Fsp3) is 0.643. The second-order valence-corrected chi connectivity index (χ2v) is 6.56. The van der Waals surface area contributed by atoms with Gasteiger partial charge in [-0.2, -0.15) is 0 Å². The highest BCUT2D eigenvalue weighted by molar-refractivity contribution is 7.09. The van der Waals surface area contributed by atoms with Gasteiger partial charge >= 0.3 is 12.0 Å². The van der Waals surface area contributed by atoms with Crippen LogP contribution in [0.4, 0.5) is 4.79 Å². The van der Waals surface area contributed by atoms with Crippen molar-refractivity contribution in [2.45, 2.75) is 38.6 Å². The molecule has 2 rings (SSSR count). The molecule has 2 amide bonds. The molecule has 1 aliphatic heterocycles. The van der Waals surface area contributed by atoms with Crippen LogP contribution in [-0.2, 0) is 4.79 Å². The summed E-state index contributed by atoms with van der Waals surface area (Å²) < 4.78 is 0. The summed E-state index contributed by atoms with van der Waals surface area (Å²) in [5.41, 5.74) is 0. The maximum Gasteiger partial charge on any atom is 0.326 e. The molecule has 0 radical (unpaired) electrons. The molecule has 1 aliphatic rings. The molecule has 1 aromatic rings. The second kappa shape index (κ2) is 6.89. The Morgan fingerprint density at radius 2 is 2.38 bits per heavy atom. The first-order valence-corrected chi connectivity index (χ1v) is 8.03. The highest BCUT2D eigenvalue weighted by Gasteiger charge is 2.34. The third-order valence-electron chi connectivity index (χ3n) is 3.84. The first-order valence-electron chi connectivity index (χ1n) is 7.15. The van der Waals surface area contributed by atoms with E-state index in [2.05, 4.69) is 10.3 Å². The number of likely N-dealkylation sites (tertiary alicyclic amines) is 1. The minimum atomic E-state index is -0.926. The zero-order valence-corrected chi connectivity index (χ0v) is 13.1. The number of carbonyl (C=O) groups excluding carboxylic acids is 1. The van der Waals surface area contributed by atoms with Crippen LogP contribution in [0, 0.1) is 5.92 Å². The standard InChI is InChI=1S/C14H21N3O3S/c1-9-3-5-17(11(7-9)13(18)19)14(20)16-8-10(2)12-15-4-6-21-12/h4,6,9-11H,3,5,7-8H2,1-2H3,(H,16,20)(H,18,19). The molecule has 3 unspecified atom stereocenters. The fourth-order valence-corrected chi connectivity index (χ4v) is 3.22. The fourth-order valence-electron chi connectivity index (χ4n) is 2.53. The van der Waals surface area contributed by atoms with Gasteiger partial charge in [0.05, 0.1) is 5.01 Å². The number of urea groups is 1. The number of hydrogen-bond acceptors (Lipinski definition) is 4. The Morgan fingerprint density at radius 1 is 1.62 bits per heavy atom. The van der Waals surface area contributed by atoms with E-state index in [4.69, 9.17) is 0 Å². The molecule has 3 atom stereocenters. The Hall–Kier alpha value is -1.63. The van der Waals surface area contributed by atoms with E-state index >= 15 is 0 Å². The van der Waals surface area contributed by atoms with Crippen molar-refractivity contribution in [1.29, 1.82) is 0 Å². The smallest absolute Gasteiger partial charge is 0.326 e. The number of nitrogens with zero attached hydrogens (tertiary/aromatic N) is 2. The molecule has 7 heteroatoms. The minimum Gasteiger partial charge on any atom is -0.480 e. The summed E-state index contributed by atoms with van der Waals surface area (Å²) >= 11 is 1.55. The van der Waals surface area contributed by atoms with Gasteiger partial charge < -0.3 is 15.3 Å². The summed E-state index contributed by atoms with van der Waals surface area (Å²) in [6.07, 6.45) is 3.11. The quantitative estimate of drug-likeness (QED) is 0.892. The van der Waals surface area contributed by atoms with E-state index in [0.717, 1.165) is 11.4 Å². The molecule has 2 N–H and O–H groups in total. The highest BCUT2D eigenvalue weighted by atomic mass is 32.1. The van der Waals surface area contributed by atoms with E-state index in [-0.39, 0.29) is 11.9 Å². The maximum absolute atomic E-state index is 12.2. The molecule has 0 saturated carbocycles. The molecular formula is C14H21N3O3S. The number of carboxylic acids is 1. The average molecular weight is 311 g/mol. The Kier molecular flexibility index (Phi) is 5.17. The van der Waals surface area contributed by atoms with E-state index in [1.807, 2.05) is 19.2 Å². The molecule has 2 heterocycles. The van der Waals surface area contributed by atoms with Crippen LogP contribution < -0.4 is 5.32 Å². The topological polar surface area (TPSA) is 82.5 Å². The van der Waals surface area contributed by atoms with Gasteiger partial charge in [0.2, 0.25) is 0 Å². The predicted octanol–water partition coefficient (Wildman–Crippen LogP) is 2.14. The van der Waals surface area contributed by atoms with Crippen LogP contribution in [0.25, 0.3) is 0 Å². The lowest BCUT2D eigenvalue weighted by molar-refractivity contribution is -0.143. The number of piperidine rings is 1. The van der Waals surface area contributed by atoms with Gasteiger partial charge in [-0.3, -0.25) is 0 Å². The third-order valence-corrected chi connectivity index (χ3v) is 4.85. The Labute approximate surface area is 128 Å². The first kappa shape index (κ1) is 15.8. The molecular weight excluding hydrogens is 290 g/mol. The van der Waals surface area contributed by atoms with Gasteiger partial charge in [-0.1, -0.05) is 13.8 Å². The van der Waals surface area contributed by atoms with Crippen molar-refractivity contribution in [3.63, 3.8) is 0 Å². The van der Waals surface area contributed by atoms with Crippen LogP contribution in [0.5, 0.6) is 0 Å². The lowest BCUT2D eigenvalue weighted by atomic mass is 9.93. The molecule has 116 valence electrons. The van der Waals surface area contributed by atoms with Gasteiger partial charge in [0.1, 0.15) is 6.04 Å². The molecule has 0 aromatic carbocycles. The van der Waals surface area contributed by atoms with E-state index < -0.39 is 12.0 Å². The zero-order valence-electron chi connectivity index (χ0n) is 12.3. The summed E-state index contributed by atoms with van der Waals surface area (Å²) in [5, 5.41) is 15.0. The van der Waals surface area contributed by atoms with Gasteiger partial charge in [-0.15, -0.1) is 11.3 Å². The largest absolute Gasteiger partial charge is 0.480 e. The van der Waals surface area contributed by atoms with Crippen molar-refractivity contribution in [3.05, 3.63) is 16.6 Å². The monoisotopic (exact) mass is 311 g/mol. The van der Waals surface area contributed by atoms with Crippen LogP contribution >= 0.6 is 11.3 Å². The summed E-state index contributed by atoms with van der Waals surface area (Å²) in [6, 6.07) is -1.01. The van der Waals surface area contributed by atoms with Gasteiger partial charge in [0, 0.05) is 30.6 Å². The number of rotatable bonds is 4.